The fourth-order valence-corrected chi connectivity index (χ4v) is 3.76. The molecule has 0 fully saturated rings. The number of nitrogens with zero attached hydrogens (tertiary/aromatic N) is 1. The smallest absolute Gasteiger partial charge is 0.0654 e. The van der Waals surface area contributed by atoms with Crippen molar-refractivity contribution < 1.29 is 5.11 Å². The van der Waals surface area contributed by atoms with Gasteiger partial charge in [0.2, 0.25) is 0 Å². The van der Waals surface area contributed by atoms with Crippen LogP contribution < -0.4 is 0 Å². The van der Waals surface area contributed by atoms with E-state index in [1.807, 2.05) is 0 Å². The van der Waals surface area contributed by atoms with Crippen LogP contribution in [-0.4, -0.2) is 41.2 Å². The Bertz CT molecular complexity index is 670. The van der Waals surface area contributed by atoms with Gasteiger partial charge >= 0.3 is 0 Å². The summed E-state index contributed by atoms with van der Waals surface area (Å²) in [5.41, 5.74) is 5.21. The topological polar surface area (TPSA) is 39.3 Å². The predicted octanol–water partition coefficient (Wildman–Crippen LogP) is 2.04. The molecule has 0 unspecified atom stereocenters. The van der Waals surface area contributed by atoms with Gasteiger partial charge in [-0.2, -0.15) is 0 Å². The fourth-order valence-electron chi connectivity index (χ4n) is 3.76. The van der Waals surface area contributed by atoms with Crippen LogP contribution in [0.15, 0.2) is 36.0 Å². The third kappa shape index (κ3) is 1.52. The number of aliphatic hydroxyl groups is 1. The number of likely N-dealkylation sites (N-methyl/N-ethyl adjacent to an activating group) is 1. The second-order valence-corrected chi connectivity index (χ2v) is 5.78. The van der Waals surface area contributed by atoms with E-state index in [1.54, 1.807) is 0 Å². The molecule has 2 heterocycles. The lowest BCUT2D eigenvalue weighted by Gasteiger charge is -2.41. The number of H-pyrrole nitrogens is 1. The number of hydrogen-bond donors (Lipinski definition) is 2. The summed E-state index contributed by atoms with van der Waals surface area (Å²) in [6, 6.07) is 7.03. The molecule has 3 nitrogen and oxygen atoms in total. The third-order valence-corrected chi connectivity index (χ3v) is 4.66. The summed E-state index contributed by atoms with van der Waals surface area (Å²) in [5, 5.41) is 10.8. The average Bonchev–Trinajstić information content (AvgIpc) is 2.85. The maximum absolute atomic E-state index is 9.45. The number of aromatic amines is 1. The minimum Gasteiger partial charge on any atom is -0.392 e. The van der Waals surface area contributed by atoms with Crippen molar-refractivity contribution in [3.05, 3.63) is 47.2 Å². The van der Waals surface area contributed by atoms with Crippen molar-refractivity contribution in [2.45, 2.75) is 18.4 Å². The maximum atomic E-state index is 9.45. The van der Waals surface area contributed by atoms with Crippen LogP contribution in [0, 0.1) is 0 Å². The third-order valence-electron chi connectivity index (χ3n) is 4.66. The molecule has 0 amide bonds. The van der Waals surface area contributed by atoms with E-state index >= 15 is 0 Å². The minimum atomic E-state index is 0.170. The quantitative estimate of drug-likeness (QED) is 0.764. The van der Waals surface area contributed by atoms with E-state index in [-0.39, 0.29) is 6.61 Å². The van der Waals surface area contributed by atoms with Gasteiger partial charge in [0, 0.05) is 35.6 Å². The Morgan fingerprint density at radius 2 is 2.32 bits per heavy atom. The lowest BCUT2D eigenvalue weighted by Crippen LogP contribution is -2.44. The van der Waals surface area contributed by atoms with Crippen molar-refractivity contribution in [2.24, 2.45) is 0 Å². The molecule has 1 aromatic carbocycles. The first-order valence-electron chi connectivity index (χ1n) is 6.87. The molecule has 0 spiro atoms. The maximum Gasteiger partial charge on any atom is 0.0654 e. The summed E-state index contributed by atoms with van der Waals surface area (Å²) in [5.74, 6) is 0.410. The highest BCUT2D eigenvalue weighted by atomic mass is 16.3. The molecule has 19 heavy (non-hydrogen) atoms. The molecular weight excluding hydrogens is 236 g/mol. The molecule has 3 heteroatoms. The molecule has 0 saturated carbocycles. The number of fused-ring (bicyclic) bond motifs is 2. The van der Waals surface area contributed by atoms with Crippen molar-refractivity contribution in [3.8, 4) is 0 Å². The molecule has 0 radical (unpaired) electrons. The van der Waals surface area contributed by atoms with Gasteiger partial charge in [0.15, 0.2) is 0 Å². The second kappa shape index (κ2) is 3.95. The first kappa shape index (κ1) is 11.3. The van der Waals surface area contributed by atoms with Crippen LogP contribution in [-0.2, 0) is 6.42 Å². The van der Waals surface area contributed by atoms with E-state index in [0.717, 1.165) is 18.5 Å². The van der Waals surface area contributed by atoms with Gasteiger partial charge in [-0.1, -0.05) is 18.2 Å². The van der Waals surface area contributed by atoms with Gasteiger partial charge in [-0.3, -0.25) is 4.90 Å². The van der Waals surface area contributed by atoms with Gasteiger partial charge in [0.1, 0.15) is 0 Å². The molecule has 4 rings (SSSR count). The fraction of sp³-hybridized carbons (Fsp3) is 0.375. The molecule has 2 atom stereocenters. The molecule has 98 valence electrons. The normalized spacial score (nSPS) is 26.3. The second-order valence-electron chi connectivity index (χ2n) is 5.78. The number of aliphatic hydroxyl groups excluding tert-OH is 1. The molecule has 1 aliphatic carbocycles. The highest BCUT2D eigenvalue weighted by Gasteiger charge is 2.35. The Balaban J connectivity index is 1.95. The molecular formula is C16H18N2O. The molecule has 2 aromatic rings. The van der Waals surface area contributed by atoms with Crippen LogP contribution in [0.5, 0.6) is 0 Å². The lowest BCUT2D eigenvalue weighted by atomic mass is 9.77. The van der Waals surface area contributed by atoms with Crippen molar-refractivity contribution in [1.82, 2.24) is 9.88 Å². The standard InChI is InChI=1S/C16H18N2O/c1-18-8-10(9-19)5-13-12-3-2-4-14-16(12)11(7-17-14)6-15(13)18/h2-5,7,13,15,17,19H,6,8-9H2,1H3/t13-,15+/m0/s1. The summed E-state index contributed by atoms with van der Waals surface area (Å²) in [6.07, 6.45) is 5.53. The Kier molecular flexibility index (Phi) is 2.34. The lowest BCUT2D eigenvalue weighted by molar-refractivity contribution is 0.208. The summed E-state index contributed by atoms with van der Waals surface area (Å²) in [4.78, 5) is 5.76. The van der Waals surface area contributed by atoms with Crippen LogP contribution in [0.1, 0.15) is 17.0 Å². The Labute approximate surface area is 112 Å². The Morgan fingerprint density at radius 1 is 1.42 bits per heavy atom. The van der Waals surface area contributed by atoms with E-state index in [9.17, 15) is 5.11 Å². The summed E-state index contributed by atoms with van der Waals surface area (Å²) in [6.45, 7) is 1.05. The number of hydrogen-bond acceptors (Lipinski definition) is 2. The van der Waals surface area contributed by atoms with Crippen LogP contribution in [0.25, 0.3) is 10.9 Å². The minimum absolute atomic E-state index is 0.170. The van der Waals surface area contributed by atoms with Gasteiger partial charge in [-0.15, -0.1) is 0 Å². The van der Waals surface area contributed by atoms with Crippen LogP contribution in [0.4, 0.5) is 0 Å². The van der Waals surface area contributed by atoms with Gasteiger partial charge in [-0.25, -0.2) is 0 Å². The van der Waals surface area contributed by atoms with E-state index < -0.39 is 0 Å². The zero-order valence-corrected chi connectivity index (χ0v) is 11.1. The van der Waals surface area contributed by atoms with Crippen molar-refractivity contribution in [3.63, 3.8) is 0 Å². The molecule has 1 aromatic heterocycles. The number of benzene rings is 1. The molecule has 1 aliphatic heterocycles. The zero-order valence-electron chi connectivity index (χ0n) is 11.1. The van der Waals surface area contributed by atoms with E-state index in [2.05, 4.69) is 47.4 Å². The number of aromatic nitrogens is 1. The van der Waals surface area contributed by atoms with Crippen LogP contribution in [0.3, 0.4) is 0 Å². The highest BCUT2D eigenvalue weighted by Crippen LogP contribution is 2.41. The zero-order chi connectivity index (χ0) is 13.0. The molecule has 2 aliphatic rings. The Hall–Kier alpha value is -1.58. The van der Waals surface area contributed by atoms with E-state index in [0.29, 0.717) is 12.0 Å². The highest BCUT2D eigenvalue weighted by molar-refractivity contribution is 5.88. The molecule has 2 N–H and O–H groups in total. The first-order chi connectivity index (χ1) is 9.28. The number of nitrogens with one attached hydrogen (secondary N) is 1. The van der Waals surface area contributed by atoms with Crippen molar-refractivity contribution in [2.75, 3.05) is 20.2 Å². The van der Waals surface area contributed by atoms with Crippen molar-refractivity contribution in [1.29, 1.82) is 0 Å². The summed E-state index contributed by atoms with van der Waals surface area (Å²) in [7, 11) is 2.16. The summed E-state index contributed by atoms with van der Waals surface area (Å²) < 4.78 is 0. The van der Waals surface area contributed by atoms with Crippen LogP contribution in [0.2, 0.25) is 0 Å². The first-order valence-corrected chi connectivity index (χ1v) is 6.87. The monoisotopic (exact) mass is 254 g/mol. The summed E-state index contributed by atoms with van der Waals surface area (Å²) >= 11 is 0. The molecule has 0 bridgehead atoms. The number of rotatable bonds is 1. The van der Waals surface area contributed by atoms with Gasteiger partial charge in [0.25, 0.3) is 0 Å². The predicted molar refractivity (Wildman–Crippen MR) is 76.3 cm³/mol. The average molecular weight is 254 g/mol. The van der Waals surface area contributed by atoms with Gasteiger partial charge < -0.3 is 10.1 Å². The van der Waals surface area contributed by atoms with Crippen LogP contribution >= 0.6 is 0 Å². The van der Waals surface area contributed by atoms with E-state index in [1.165, 1.54) is 22.0 Å². The van der Waals surface area contributed by atoms with Gasteiger partial charge in [-0.05, 0) is 36.2 Å². The molecule has 0 saturated heterocycles. The van der Waals surface area contributed by atoms with Gasteiger partial charge in [0.05, 0.1) is 6.61 Å². The Morgan fingerprint density at radius 3 is 3.16 bits per heavy atom. The van der Waals surface area contributed by atoms with Crippen molar-refractivity contribution >= 4 is 10.9 Å². The van der Waals surface area contributed by atoms with E-state index in [4.69, 9.17) is 0 Å². The SMILES string of the molecule is CN1CC(CO)=C[C@H]2c3cccc4[nH]cc(c34)C[C@H]21. The largest absolute Gasteiger partial charge is 0.392 e.